The fourth-order valence-electron chi connectivity index (χ4n) is 8.02. The lowest BCUT2D eigenvalue weighted by Gasteiger charge is -2.22. The maximum Gasteiger partial charge on any atom is 0.160 e. The average Bonchev–Trinajstić information content (AvgIpc) is 3.42. The Balaban J connectivity index is 1.09. The molecular weight excluding hydrogens is 619 g/mol. The van der Waals surface area contributed by atoms with E-state index in [1.54, 1.807) is 0 Å². The number of rotatable bonds is 4. The van der Waals surface area contributed by atoms with Gasteiger partial charge in [-0.1, -0.05) is 153 Å². The van der Waals surface area contributed by atoms with E-state index in [0.717, 1.165) is 44.5 Å². The third kappa shape index (κ3) is 4.69. The summed E-state index contributed by atoms with van der Waals surface area (Å²) in [5, 5.41) is 4.61. The van der Waals surface area contributed by atoms with Crippen molar-refractivity contribution in [3.05, 3.63) is 175 Å². The largest absolute Gasteiger partial charge is 0.247 e. The van der Waals surface area contributed by atoms with E-state index in [2.05, 4.69) is 166 Å². The highest BCUT2D eigenvalue weighted by molar-refractivity contribution is 6.13. The Labute approximate surface area is 297 Å². The molecule has 2 heterocycles. The first kappa shape index (κ1) is 29.5. The van der Waals surface area contributed by atoms with Gasteiger partial charge in [-0.15, -0.1) is 0 Å². The van der Waals surface area contributed by atoms with Crippen molar-refractivity contribution in [2.75, 3.05) is 0 Å². The quantitative estimate of drug-likeness (QED) is 0.178. The summed E-state index contributed by atoms with van der Waals surface area (Å²) >= 11 is 0. The molecular formula is C48H33N3. The van der Waals surface area contributed by atoms with E-state index >= 15 is 0 Å². The second kappa shape index (κ2) is 11.3. The van der Waals surface area contributed by atoms with Crippen molar-refractivity contribution in [1.82, 2.24) is 15.0 Å². The second-order valence-corrected chi connectivity index (χ2v) is 14.0. The van der Waals surface area contributed by atoms with Gasteiger partial charge in [0, 0.05) is 38.3 Å². The van der Waals surface area contributed by atoms with Crippen LogP contribution < -0.4 is 0 Å². The van der Waals surface area contributed by atoms with Crippen LogP contribution in [0.2, 0.25) is 0 Å². The topological polar surface area (TPSA) is 38.7 Å². The van der Waals surface area contributed by atoms with E-state index in [4.69, 9.17) is 15.0 Å². The van der Waals surface area contributed by atoms with Gasteiger partial charge in [0.15, 0.2) is 5.82 Å². The van der Waals surface area contributed by atoms with Crippen LogP contribution in [0.4, 0.5) is 0 Å². The highest BCUT2D eigenvalue weighted by Crippen LogP contribution is 2.51. The van der Waals surface area contributed by atoms with Crippen molar-refractivity contribution >= 4 is 32.6 Å². The van der Waals surface area contributed by atoms with Crippen LogP contribution in [0.5, 0.6) is 0 Å². The molecule has 0 aliphatic heterocycles. The van der Waals surface area contributed by atoms with Crippen LogP contribution in [0.1, 0.15) is 25.0 Å². The summed E-state index contributed by atoms with van der Waals surface area (Å²) in [6.07, 6.45) is 0. The normalized spacial score (nSPS) is 13.1. The summed E-state index contributed by atoms with van der Waals surface area (Å²) in [7, 11) is 0. The zero-order valence-corrected chi connectivity index (χ0v) is 28.4. The Kier molecular flexibility index (Phi) is 6.53. The minimum absolute atomic E-state index is 0.0973. The maximum atomic E-state index is 5.29. The number of benzene rings is 7. The summed E-state index contributed by atoms with van der Waals surface area (Å²) in [4.78, 5) is 15.5. The fourth-order valence-corrected chi connectivity index (χ4v) is 8.02. The van der Waals surface area contributed by atoms with Gasteiger partial charge in [-0.05, 0) is 63.0 Å². The van der Waals surface area contributed by atoms with Crippen LogP contribution in [0.15, 0.2) is 164 Å². The van der Waals surface area contributed by atoms with Crippen LogP contribution in [-0.2, 0) is 5.41 Å². The van der Waals surface area contributed by atoms with Crippen molar-refractivity contribution in [1.29, 1.82) is 0 Å². The van der Waals surface area contributed by atoms with Crippen LogP contribution in [0, 0.1) is 0 Å². The van der Waals surface area contributed by atoms with Crippen LogP contribution in [0.25, 0.3) is 88.7 Å². The van der Waals surface area contributed by atoms with Gasteiger partial charge in [0.1, 0.15) is 0 Å². The number of para-hydroxylation sites is 2. The first-order valence-corrected chi connectivity index (χ1v) is 17.5. The number of hydrogen-bond donors (Lipinski definition) is 0. The Morgan fingerprint density at radius 1 is 0.353 bits per heavy atom. The van der Waals surface area contributed by atoms with E-state index in [1.165, 1.54) is 49.5 Å². The molecule has 0 amide bonds. The van der Waals surface area contributed by atoms with Gasteiger partial charge in [-0.2, -0.15) is 0 Å². The maximum absolute atomic E-state index is 5.29. The molecule has 0 radical (unpaired) electrons. The van der Waals surface area contributed by atoms with E-state index in [1.807, 2.05) is 12.1 Å². The molecule has 0 saturated heterocycles. The lowest BCUT2D eigenvalue weighted by atomic mass is 9.81. The van der Waals surface area contributed by atoms with Crippen LogP contribution in [0.3, 0.4) is 0 Å². The summed E-state index contributed by atoms with van der Waals surface area (Å²) in [6, 6.07) is 58.2. The molecule has 0 bridgehead atoms. The highest BCUT2D eigenvalue weighted by atomic mass is 14.9. The van der Waals surface area contributed by atoms with E-state index in [0.29, 0.717) is 5.82 Å². The summed E-state index contributed by atoms with van der Waals surface area (Å²) < 4.78 is 0. The van der Waals surface area contributed by atoms with Crippen molar-refractivity contribution in [2.24, 2.45) is 0 Å². The van der Waals surface area contributed by atoms with Gasteiger partial charge in [0.05, 0.1) is 22.4 Å². The zero-order valence-electron chi connectivity index (χ0n) is 28.4. The van der Waals surface area contributed by atoms with Gasteiger partial charge in [0.2, 0.25) is 0 Å². The minimum atomic E-state index is -0.0973. The number of fused-ring (bicyclic) bond motifs is 7. The average molecular weight is 652 g/mol. The van der Waals surface area contributed by atoms with Gasteiger partial charge in [-0.3, -0.25) is 0 Å². The molecule has 9 aromatic rings. The highest BCUT2D eigenvalue weighted by Gasteiger charge is 2.35. The van der Waals surface area contributed by atoms with Gasteiger partial charge >= 0.3 is 0 Å². The Bertz CT molecular complexity index is 2800. The smallest absolute Gasteiger partial charge is 0.160 e. The minimum Gasteiger partial charge on any atom is -0.247 e. The Morgan fingerprint density at radius 2 is 0.902 bits per heavy atom. The molecule has 0 spiro atoms. The molecule has 240 valence electrons. The lowest BCUT2D eigenvalue weighted by molar-refractivity contribution is 0.661. The summed E-state index contributed by atoms with van der Waals surface area (Å²) in [5.74, 6) is 0.705. The molecule has 1 aliphatic rings. The van der Waals surface area contributed by atoms with E-state index in [-0.39, 0.29) is 5.41 Å². The van der Waals surface area contributed by atoms with Gasteiger partial charge in [-0.25, -0.2) is 15.0 Å². The zero-order chi connectivity index (χ0) is 34.1. The van der Waals surface area contributed by atoms with E-state index in [9.17, 15) is 0 Å². The summed E-state index contributed by atoms with van der Waals surface area (Å²) in [5.41, 5.74) is 14.6. The van der Waals surface area contributed by atoms with Gasteiger partial charge < -0.3 is 0 Å². The molecule has 0 N–H and O–H groups in total. The predicted octanol–water partition coefficient (Wildman–Crippen LogP) is 12.3. The first-order chi connectivity index (χ1) is 25.0. The monoisotopic (exact) mass is 651 g/mol. The molecule has 0 atom stereocenters. The number of pyridine rings is 1. The lowest BCUT2D eigenvalue weighted by Crippen LogP contribution is -2.14. The third-order valence-electron chi connectivity index (χ3n) is 10.7. The second-order valence-electron chi connectivity index (χ2n) is 14.0. The van der Waals surface area contributed by atoms with Crippen LogP contribution >= 0.6 is 0 Å². The standard InChI is InChI=1S/C48H33N3/c1-48(2)41-17-9-6-14-35(41)39-28-38-36-15-7-10-18-43(36)49-46(40(38)29-42(39)48)33-24-26-34(27-25-33)47-50-44-19-11-8-16-37(44)45(51-47)32-22-20-31(21-23-32)30-12-4-3-5-13-30/h3-29H,1-2H3. The van der Waals surface area contributed by atoms with Crippen molar-refractivity contribution in [3.8, 4) is 56.2 Å². The Morgan fingerprint density at radius 3 is 1.65 bits per heavy atom. The first-order valence-electron chi connectivity index (χ1n) is 17.5. The van der Waals surface area contributed by atoms with Crippen molar-refractivity contribution in [3.63, 3.8) is 0 Å². The molecule has 2 aromatic heterocycles. The Hall–Kier alpha value is -6.45. The van der Waals surface area contributed by atoms with Gasteiger partial charge in [0.25, 0.3) is 0 Å². The van der Waals surface area contributed by atoms with Crippen molar-refractivity contribution < 1.29 is 0 Å². The predicted molar refractivity (Wildman–Crippen MR) is 212 cm³/mol. The molecule has 51 heavy (non-hydrogen) atoms. The number of aromatic nitrogens is 3. The number of hydrogen-bond acceptors (Lipinski definition) is 3. The molecule has 0 unspecified atom stereocenters. The molecule has 3 nitrogen and oxygen atoms in total. The molecule has 10 rings (SSSR count). The molecule has 3 heteroatoms. The summed E-state index contributed by atoms with van der Waals surface area (Å²) in [6.45, 7) is 4.67. The molecule has 0 fully saturated rings. The van der Waals surface area contributed by atoms with E-state index < -0.39 is 0 Å². The van der Waals surface area contributed by atoms with Crippen molar-refractivity contribution in [2.45, 2.75) is 19.3 Å². The third-order valence-corrected chi connectivity index (χ3v) is 10.7. The van der Waals surface area contributed by atoms with Crippen LogP contribution in [-0.4, -0.2) is 15.0 Å². The molecule has 0 saturated carbocycles. The molecule has 7 aromatic carbocycles. The molecule has 1 aliphatic carbocycles. The number of nitrogens with zero attached hydrogens (tertiary/aromatic N) is 3. The SMILES string of the molecule is CC1(C)c2ccccc2-c2cc3c(cc21)c(-c1ccc(-c2nc(-c4ccc(-c5ccccc5)cc4)c4ccccc4n2)cc1)nc1ccccc13. The fraction of sp³-hybridized carbons (Fsp3) is 0.0625.